The molecule has 2 rings (SSSR count). The van der Waals surface area contributed by atoms with E-state index in [4.69, 9.17) is 9.84 Å². The fraction of sp³-hybridized carbons (Fsp3) is 0.350. The van der Waals surface area contributed by atoms with Gasteiger partial charge < -0.3 is 9.84 Å². The van der Waals surface area contributed by atoms with E-state index in [0.717, 1.165) is 30.4 Å². The van der Waals surface area contributed by atoms with Crippen molar-refractivity contribution in [1.29, 1.82) is 0 Å². The molecule has 1 atom stereocenters. The van der Waals surface area contributed by atoms with E-state index < -0.39 is 12.1 Å². The molecule has 4 heteroatoms. The highest BCUT2D eigenvalue weighted by Gasteiger charge is 2.08. The molecule has 0 aliphatic carbocycles. The van der Waals surface area contributed by atoms with E-state index in [1.807, 2.05) is 12.1 Å². The van der Waals surface area contributed by atoms with Gasteiger partial charge in [0.2, 0.25) is 0 Å². The van der Waals surface area contributed by atoms with Crippen LogP contribution in [-0.4, -0.2) is 23.9 Å². The first-order valence-corrected chi connectivity index (χ1v) is 8.31. The van der Waals surface area contributed by atoms with Crippen molar-refractivity contribution in [2.24, 2.45) is 0 Å². The summed E-state index contributed by atoms with van der Waals surface area (Å²) in [6.07, 6.45) is 2.65. The maximum Gasteiger partial charge on any atom is 0.335 e. The van der Waals surface area contributed by atoms with E-state index in [-0.39, 0.29) is 12.2 Å². The van der Waals surface area contributed by atoms with Crippen molar-refractivity contribution < 1.29 is 19.0 Å². The summed E-state index contributed by atoms with van der Waals surface area (Å²) in [6.45, 7) is 2.18. The maximum atomic E-state index is 13.7. The maximum absolute atomic E-state index is 13.7. The van der Waals surface area contributed by atoms with Crippen molar-refractivity contribution in [2.75, 3.05) is 6.61 Å². The van der Waals surface area contributed by atoms with Gasteiger partial charge in [-0.2, -0.15) is 0 Å². The van der Waals surface area contributed by atoms with Gasteiger partial charge >= 0.3 is 5.97 Å². The predicted molar refractivity (Wildman–Crippen MR) is 93.4 cm³/mol. The summed E-state index contributed by atoms with van der Waals surface area (Å²) in [5, 5.41) is 8.91. The number of carbonyl (C=O) groups is 1. The van der Waals surface area contributed by atoms with Crippen LogP contribution in [0.3, 0.4) is 0 Å². The second kappa shape index (κ2) is 9.06. The minimum absolute atomic E-state index is 0.0797. The first-order chi connectivity index (χ1) is 11.6. The Hall–Kier alpha value is -2.36. The zero-order valence-corrected chi connectivity index (χ0v) is 13.9. The van der Waals surface area contributed by atoms with E-state index in [0.29, 0.717) is 12.2 Å². The van der Waals surface area contributed by atoms with E-state index in [2.05, 4.69) is 6.92 Å². The first-order valence-electron chi connectivity index (χ1n) is 8.31. The SMILES string of the molecule is CCCCCC(F)COc1ccc(-c2ccc(C(=O)O)cc2)cc1. The summed E-state index contributed by atoms with van der Waals surface area (Å²) in [5.74, 6) is -0.302. The van der Waals surface area contributed by atoms with Gasteiger partial charge in [0.25, 0.3) is 0 Å². The van der Waals surface area contributed by atoms with Gasteiger partial charge in [-0.25, -0.2) is 9.18 Å². The summed E-state index contributed by atoms with van der Waals surface area (Å²) in [7, 11) is 0. The van der Waals surface area contributed by atoms with Crippen molar-refractivity contribution in [1.82, 2.24) is 0 Å². The Kier molecular flexibility index (Phi) is 6.79. The van der Waals surface area contributed by atoms with E-state index in [9.17, 15) is 9.18 Å². The van der Waals surface area contributed by atoms with Crippen LogP contribution in [0.15, 0.2) is 48.5 Å². The van der Waals surface area contributed by atoms with Gasteiger partial charge in [-0.05, 0) is 41.8 Å². The number of unbranched alkanes of at least 4 members (excludes halogenated alkanes) is 2. The van der Waals surface area contributed by atoms with Crippen LogP contribution in [0, 0.1) is 0 Å². The monoisotopic (exact) mass is 330 g/mol. The number of carboxylic acid groups (broad SMARTS) is 1. The second-order valence-electron chi connectivity index (χ2n) is 5.81. The lowest BCUT2D eigenvalue weighted by Crippen LogP contribution is -2.12. The van der Waals surface area contributed by atoms with Gasteiger partial charge in [0.15, 0.2) is 0 Å². The molecule has 0 radical (unpaired) electrons. The van der Waals surface area contributed by atoms with Crippen molar-refractivity contribution >= 4 is 5.97 Å². The van der Waals surface area contributed by atoms with Crippen LogP contribution in [-0.2, 0) is 0 Å². The number of hydrogen-bond acceptors (Lipinski definition) is 2. The summed E-state index contributed by atoms with van der Waals surface area (Å²) < 4.78 is 19.2. The third kappa shape index (κ3) is 5.37. The molecule has 0 saturated carbocycles. The lowest BCUT2D eigenvalue weighted by atomic mass is 10.0. The lowest BCUT2D eigenvalue weighted by Gasteiger charge is -2.11. The number of halogens is 1. The van der Waals surface area contributed by atoms with Crippen LogP contribution in [0.25, 0.3) is 11.1 Å². The second-order valence-corrected chi connectivity index (χ2v) is 5.81. The van der Waals surface area contributed by atoms with Crippen molar-refractivity contribution in [3.63, 3.8) is 0 Å². The van der Waals surface area contributed by atoms with Crippen LogP contribution in [0.2, 0.25) is 0 Å². The largest absolute Gasteiger partial charge is 0.491 e. The summed E-state index contributed by atoms with van der Waals surface area (Å²) in [5.41, 5.74) is 2.14. The number of benzene rings is 2. The lowest BCUT2D eigenvalue weighted by molar-refractivity contribution is 0.0697. The first kappa shape index (κ1) is 18.0. The average Bonchev–Trinajstić information content (AvgIpc) is 2.61. The molecule has 0 fully saturated rings. The van der Waals surface area contributed by atoms with Crippen LogP contribution >= 0.6 is 0 Å². The van der Waals surface area contributed by atoms with Crippen molar-refractivity contribution in [3.05, 3.63) is 54.1 Å². The molecule has 0 heterocycles. The van der Waals surface area contributed by atoms with Crippen LogP contribution in [0.5, 0.6) is 5.75 Å². The number of ether oxygens (including phenoxy) is 1. The van der Waals surface area contributed by atoms with Gasteiger partial charge in [-0.15, -0.1) is 0 Å². The molecule has 128 valence electrons. The molecule has 2 aromatic carbocycles. The Balaban J connectivity index is 1.89. The smallest absolute Gasteiger partial charge is 0.335 e. The summed E-state index contributed by atoms with van der Waals surface area (Å²) in [6, 6.07) is 14.1. The number of alkyl halides is 1. The summed E-state index contributed by atoms with van der Waals surface area (Å²) >= 11 is 0. The van der Waals surface area contributed by atoms with E-state index in [1.54, 1.807) is 36.4 Å². The van der Waals surface area contributed by atoms with Gasteiger partial charge in [-0.3, -0.25) is 0 Å². The molecular formula is C20H23FO3. The molecule has 0 aliphatic rings. The molecule has 0 saturated heterocycles. The zero-order chi connectivity index (χ0) is 17.4. The Labute approximate surface area is 142 Å². The predicted octanol–water partition coefficient (Wildman–Crippen LogP) is 5.35. The van der Waals surface area contributed by atoms with E-state index in [1.165, 1.54) is 0 Å². The fourth-order valence-corrected chi connectivity index (χ4v) is 2.43. The molecule has 0 aliphatic heterocycles. The molecule has 0 bridgehead atoms. The topological polar surface area (TPSA) is 46.5 Å². The third-order valence-corrected chi connectivity index (χ3v) is 3.87. The highest BCUT2D eigenvalue weighted by atomic mass is 19.1. The minimum Gasteiger partial charge on any atom is -0.491 e. The average molecular weight is 330 g/mol. The molecule has 24 heavy (non-hydrogen) atoms. The third-order valence-electron chi connectivity index (χ3n) is 3.87. The summed E-state index contributed by atoms with van der Waals surface area (Å²) in [4.78, 5) is 10.9. The number of aromatic carboxylic acids is 1. The molecule has 3 nitrogen and oxygen atoms in total. The Morgan fingerprint density at radius 3 is 2.17 bits per heavy atom. The standard InChI is InChI=1S/C20H23FO3/c1-2-3-4-5-18(21)14-24-19-12-10-16(11-13-19)15-6-8-17(9-7-15)20(22)23/h6-13,18H,2-5,14H2,1H3,(H,22,23). The fourth-order valence-electron chi connectivity index (χ4n) is 2.43. The normalized spacial score (nSPS) is 11.9. The molecular weight excluding hydrogens is 307 g/mol. The number of hydrogen-bond donors (Lipinski definition) is 1. The highest BCUT2D eigenvalue weighted by molar-refractivity contribution is 5.88. The number of rotatable bonds is 9. The molecule has 0 aromatic heterocycles. The molecule has 1 N–H and O–H groups in total. The molecule has 2 aromatic rings. The van der Waals surface area contributed by atoms with Crippen LogP contribution < -0.4 is 4.74 Å². The van der Waals surface area contributed by atoms with Gasteiger partial charge in [-0.1, -0.05) is 50.5 Å². The van der Waals surface area contributed by atoms with E-state index >= 15 is 0 Å². The van der Waals surface area contributed by atoms with Crippen molar-refractivity contribution in [3.8, 4) is 16.9 Å². The van der Waals surface area contributed by atoms with Crippen molar-refractivity contribution in [2.45, 2.75) is 38.8 Å². The van der Waals surface area contributed by atoms with Gasteiger partial charge in [0, 0.05) is 0 Å². The van der Waals surface area contributed by atoms with Crippen LogP contribution in [0.1, 0.15) is 43.0 Å². The van der Waals surface area contributed by atoms with Gasteiger partial charge in [0.05, 0.1) is 5.56 Å². The highest BCUT2D eigenvalue weighted by Crippen LogP contribution is 2.23. The minimum atomic E-state index is -0.940. The van der Waals surface area contributed by atoms with Gasteiger partial charge in [0.1, 0.15) is 18.5 Å². The number of carboxylic acids is 1. The molecule has 0 amide bonds. The Morgan fingerprint density at radius 2 is 1.62 bits per heavy atom. The Bertz CT molecular complexity index is 635. The molecule has 0 spiro atoms. The molecule has 1 unspecified atom stereocenters. The van der Waals surface area contributed by atoms with Crippen LogP contribution in [0.4, 0.5) is 4.39 Å². The quantitative estimate of drug-likeness (QED) is 0.631. The zero-order valence-electron chi connectivity index (χ0n) is 13.9. The Morgan fingerprint density at radius 1 is 1.04 bits per heavy atom.